The summed E-state index contributed by atoms with van der Waals surface area (Å²) in [6.45, 7) is 2.22. The van der Waals surface area contributed by atoms with Crippen molar-refractivity contribution in [2.75, 3.05) is 7.11 Å². The van der Waals surface area contributed by atoms with E-state index in [1.165, 1.54) is 76.3 Å². The summed E-state index contributed by atoms with van der Waals surface area (Å²) >= 11 is 0. The summed E-state index contributed by atoms with van der Waals surface area (Å²) in [5.74, 6) is -0.431. The number of aliphatic hydroxyl groups is 3. The lowest BCUT2D eigenvalue weighted by Gasteiger charge is -2.20. The topological polar surface area (TPSA) is 133 Å². The van der Waals surface area contributed by atoms with Crippen LogP contribution in [0.3, 0.4) is 0 Å². The molecule has 0 radical (unpaired) electrons. The molecular formula is C28H45NO6. The highest BCUT2D eigenvalue weighted by molar-refractivity contribution is 5.97. The highest BCUT2D eigenvalue weighted by atomic mass is 16.5. The van der Waals surface area contributed by atoms with E-state index < -0.39 is 30.1 Å². The number of phenols is 1. The number of carbonyl (C=O) groups excluding carboxylic acids is 1. The van der Waals surface area contributed by atoms with Crippen molar-refractivity contribution < 1.29 is 30.0 Å². The average molecular weight is 492 g/mol. The van der Waals surface area contributed by atoms with E-state index in [1.807, 2.05) is 0 Å². The lowest BCUT2D eigenvalue weighted by Crippen LogP contribution is -2.47. The summed E-state index contributed by atoms with van der Waals surface area (Å²) in [7, 11) is 1.42. The molecule has 0 aliphatic heterocycles. The first-order valence-corrected chi connectivity index (χ1v) is 12.9. The maximum Gasteiger partial charge on any atom is 0.185 e. The first-order valence-electron chi connectivity index (χ1n) is 12.9. The van der Waals surface area contributed by atoms with Gasteiger partial charge in [-0.25, -0.2) is 0 Å². The third-order valence-corrected chi connectivity index (χ3v) is 6.08. The number of hydrogen-bond donors (Lipinski definition) is 5. The van der Waals surface area contributed by atoms with E-state index in [1.54, 1.807) is 12.1 Å². The summed E-state index contributed by atoms with van der Waals surface area (Å²) < 4.78 is 5.02. The van der Waals surface area contributed by atoms with Crippen molar-refractivity contribution in [3.8, 4) is 11.5 Å². The van der Waals surface area contributed by atoms with Gasteiger partial charge in [0.25, 0.3) is 0 Å². The fourth-order valence-corrected chi connectivity index (χ4v) is 3.76. The number of benzene rings is 1. The summed E-state index contributed by atoms with van der Waals surface area (Å²) in [6, 6.07) is 3.32. The molecule has 0 fully saturated rings. The minimum atomic E-state index is -1.61. The summed E-state index contributed by atoms with van der Waals surface area (Å²) in [6.07, 6.45) is 14.6. The molecule has 0 aliphatic rings. The lowest BCUT2D eigenvalue weighted by atomic mass is 10.00. The highest BCUT2D eigenvalue weighted by Gasteiger charge is 2.26. The van der Waals surface area contributed by atoms with Crippen LogP contribution in [0, 0.1) is 0 Å². The van der Waals surface area contributed by atoms with Gasteiger partial charge in [0.05, 0.1) is 25.4 Å². The van der Waals surface area contributed by atoms with Gasteiger partial charge in [-0.2, -0.15) is 0 Å². The van der Waals surface area contributed by atoms with E-state index >= 15 is 0 Å². The fraction of sp³-hybridized carbons (Fsp3) is 0.607. The molecule has 0 bridgehead atoms. The Labute approximate surface area is 210 Å². The van der Waals surface area contributed by atoms with Crippen LogP contribution in [0.1, 0.15) is 83.1 Å². The third-order valence-electron chi connectivity index (χ3n) is 6.08. The standard InChI is InChI=1S/C28H45NO6/c1-3-4-5-6-7-8-9-10-11-12-13-22(30)16-19-24(32)27(29)28(34)25(33)18-15-21-14-17-23(31)26(20-21)35-2/h14-20,22,24,27-28,30-32,34H,3-13,29H2,1-2H3/b18-15+,19-16+/t22?,24-,27-,28?/m1/s1. The number of rotatable bonds is 19. The van der Waals surface area contributed by atoms with Gasteiger partial charge in [0.15, 0.2) is 17.3 Å². The smallest absolute Gasteiger partial charge is 0.185 e. The van der Waals surface area contributed by atoms with Gasteiger partial charge in [-0.05, 0) is 30.2 Å². The molecule has 0 saturated heterocycles. The van der Waals surface area contributed by atoms with Crippen molar-refractivity contribution in [1.82, 2.24) is 0 Å². The van der Waals surface area contributed by atoms with Crippen molar-refractivity contribution in [1.29, 1.82) is 0 Å². The van der Waals surface area contributed by atoms with Crippen molar-refractivity contribution >= 4 is 11.9 Å². The Kier molecular flexibility index (Phi) is 16.0. The molecule has 1 aromatic carbocycles. The van der Waals surface area contributed by atoms with E-state index in [-0.39, 0.29) is 11.5 Å². The van der Waals surface area contributed by atoms with Gasteiger partial charge in [-0.3, -0.25) is 4.79 Å². The van der Waals surface area contributed by atoms with Crippen LogP contribution in [0.4, 0.5) is 0 Å². The van der Waals surface area contributed by atoms with Crippen LogP contribution < -0.4 is 10.5 Å². The fourth-order valence-electron chi connectivity index (χ4n) is 3.76. The Morgan fingerprint density at radius 3 is 2.17 bits per heavy atom. The average Bonchev–Trinajstić information content (AvgIpc) is 2.86. The van der Waals surface area contributed by atoms with E-state index in [9.17, 15) is 25.2 Å². The number of aliphatic hydroxyl groups excluding tert-OH is 3. The highest BCUT2D eigenvalue weighted by Crippen LogP contribution is 2.26. The molecule has 35 heavy (non-hydrogen) atoms. The Morgan fingerprint density at radius 1 is 0.971 bits per heavy atom. The zero-order chi connectivity index (χ0) is 26.1. The van der Waals surface area contributed by atoms with Gasteiger partial charge < -0.3 is 30.9 Å². The number of methoxy groups -OCH3 is 1. The van der Waals surface area contributed by atoms with Crippen LogP contribution in [0.15, 0.2) is 36.4 Å². The largest absolute Gasteiger partial charge is 0.504 e. The second-order valence-electron chi connectivity index (χ2n) is 9.10. The van der Waals surface area contributed by atoms with E-state index in [2.05, 4.69) is 6.92 Å². The second kappa shape index (κ2) is 18.1. The molecule has 1 rings (SSSR count). The zero-order valence-corrected chi connectivity index (χ0v) is 21.3. The van der Waals surface area contributed by atoms with Crippen molar-refractivity contribution in [2.45, 2.75) is 102 Å². The zero-order valence-electron chi connectivity index (χ0n) is 21.3. The molecular weight excluding hydrogens is 446 g/mol. The van der Waals surface area contributed by atoms with Crippen LogP contribution in [-0.4, -0.2) is 57.7 Å². The molecule has 2 unspecified atom stereocenters. The van der Waals surface area contributed by atoms with Crippen LogP contribution in [0.2, 0.25) is 0 Å². The minimum Gasteiger partial charge on any atom is -0.504 e. The Morgan fingerprint density at radius 2 is 1.57 bits per heavy atom. The predicted molar refractivity (Wildman–Crippen MR) is 140 cm³/mol. The van der Waals surface area contributed by atoms with Crippen molar-refractivity contribution in [3.63, 3.8) is 0 Å². The quantitative estimate of drug-likeness (QED) is 0.111. The maximum absolute atomic E-state index is 12.3. The Hall–Kier alpha value is -2.19. The Bertz CT molecular complexity index is 779. The van der Waals surface area contributed by atoms with Gasteiger partial charge in [0.2, 0.25) is 0 Å². The molecule has 0 saturated carbocycles. The van der Waals surface area contributed by atoms with Crippen molar-refractivity contribution in [3.05, 3.63) is 42.0 Å². The van der Waals surface area contributed by atoms with Crippen LogP contribution in [-0.2, 0) is 4.79 Å². The number of nitrogens with two attached hydrogens (primary N) is 1. The Balaban J connectivity index is 2.33. The molecule has 0 aromatic heterocycles. The van der Waals surface area contributed by atoms with Gasteiger partial charge in [0, 0.05) is 0 Å². The molecule has 4 atom stereocenters. The number of phenolic OH excluding ortho intramolecular Hbond substituents is 1. The second-order valence-corrected chi connectivity index (χ2v) is 9.10. The summed E-state index contributed by atoms with van der Waals surface area (Å²) in [5, 5.41) is 40.2. The summed E-state index contributed by atoms with van der Waals surface area (Å²) in [5.41, 5.74) is 6.44. The van der Waals surface area contributed by atoms with Crippen molar-refractivity contribution in [2.24, 2.45) is 5.73 Å². The number of aromatic hydroxyl groups is 1. The van der Waals surface area contributed by atoms with Crippen LogP contribution >= 0.6 is 0 Å². The molecule has 0 spiro atoms. The van der Waals surface area contributed by atoms with Gasteiger partial charge >= 0.3 is 0 Å². The molecule has 0 amide bonds. The third kappa shape index (κ3) is 12.9. The maximum atomic E-state index is 12.3. The number of ether oxygens (including phenoxy) is 1. The lowest BCUT2D eigenvalue weighted by molar-refractivity contribution is -0.124. The van der Waals surface area contributed by atoms with Crippen LogP contribution in [0.25, 0.3) is 6.08 Å². The molecule has 0 aliphatic carbocycles. The van der Waals surface area contributed by atoms with E-state index in [0.29, 0.717) is 12.0 Å². The molecule has 6 N–H and O–H groups in total. The van der Waals surface area contributed by atoms with Gasteiger partial charge in [-0.1, -0.05) is 95.4 Å². The minimum absolute atomic E-state index is 0.0247. The SMILES string of the molecule is CCCCCCCCCCCCC(O)/C=C/[C@@H](O)[C@@H](N)C(O)C(=O)/C=C/c1ccc(O)c(OC)c1. The first-order chi connectivity index (χ1) is 16.8. The van der Waals surface area contributed by atoms with E-state index in [4.69, 9.17) is 10.5 Å². The monoisotopic (exact) mass is 491 g/mol. The number of ketones is 1. The molecule has 0 heterocycles. The first kappa shape index (κ1) is 30.8. The van der Waals surface area contributed by atoms with Gasteiger partial charge in [0.1, 0.15) is 6.10 Å². The normalized spacial score (nSPS) is 15.4. The van der Waals surface area contributed by atoms with E-state index in [0.717, 1.165) is 25.3 Å². The number of unbranched alkanes of at least 4 members (excludes halogenated alkanes) is 9. The number of hydrogen-bond acceptors (Lipinski definition) is 7. The van der Waals surface area contributed by atoms with Gasteiger partial charge in [-0.15, -0.1) is 0 Å². The summed E-state index contributed by atoms with van der Waals surface area (Å²) in [4.78, 5) is 12.3. The molecule has 7 nitrogen and oxygen atoms in total. The van der Waals surface area contributed by atoms with Crippen LogP contribution in [0.5, 0.6) is 11.5 Å². The number of carbonyl (C=O) groups is 1. The molecule has 198 valence electrons. The predicted octanol–water partition coefficient (Wildman–Crippen LogP) is 4.26. The molecule has 7 heteroatoms. The molecule has 1 aromatic rings.